The van der Waals surface area contributed by atoms with Gasteiger partial charge in [-0.3, -0.25) is 10.2 Å². The van der Waals surface area contributed by atoms with Crippen LogP contribution in [0.3, 0.4) is 0 Å². The van der Waals surface area contributed by atoms with Crippen molar-refractivity contribution in [2.75, 3.05) is 5.43 Å². The van der Waals surface area contributed by atoms with Gasteiger partial charge < -0.3 is 10.3 Å². The van der Waals surface area contributed by atoms with Gasteiger partial charge in [-0.25, -0.2) is 9.78 Å². The first-order valence-electron chi connectivity index (χ1n) is 6.00. The van der Waals surface area contributed by atoms with E-state index in [0.29, 0.717) is 22.3 Å². The summed E-state index contributed by atoms with van der Waals surface area (Å²) in [5.41, 5.74) is 6.81. The van der Waals surface area contributed by atoms with E-state index < -0.39 is 0 Å². The van der Waals surface area contributed by atoms with Crippen LogP contribution in [-0.4, -0.2) is 26.2 Å². The van der Waals surface area contributed by atoms with Gasteiger partial charge in [0.05, 0.1) is 12.0 Å². The quantitative estimate of drug-likeness (QED) is 0.500. The monoisotopic (exact) mass is 303 g/mol. The van der Waals surface area contributed by atoms with Gasteiger partial charge in [0, 0.05) is 5.56 Å². The van der Waals surface area contributed by atoms with Gasteiger partial charge in [0.2, 0.25) is 0 Å². The van der Waals surface area contributed by atoms with Crippen LogP contribution in [0.2, 0.25) is 0 Å². The lowest BCUT2D eigenvalue weighted by atomic mass is 10.2. The number of nitrogens with one attached hydrogen (secondary N) is 4. The molecule has 21 heavy (non-hydrogen) atoms. The van der Waals surface area contributed by atoms with Crippen molar-refractivity contribution in [3.63, 3.8) is 0 Å². The molecule has 1 aromatic heterocycles. The smallest absolute Gasteiger partial charge is 0.257 e. The maximum absolute atomic E-state index is 12.0. The molecule has 0 aliphatic carbocycles. The van der Waals surface area contributed by atoms with Crippen LogP contribution in [0.15, 0.2) is 36.7 Å². The molecule has 108 valence electrons. The summed E-state index contributed by atoms with van der Waals surface area (Å²) in [6.07, 6.45) is 1.53. The number of aromatic amines is 1. The summed E-state index contributed by atoms with van der Waals surface area (Å²) < 4.78 is 0. The number of hydrogen-bond donors (Lipinski definition) is 4. The number of carbonyl (C=O) groups is 1. The molecule has 0 bridgehead atoms. The van der Waals surface area contributed by atoms with E-state index >= 15 is 0 Å². The number of aryl methyl sites for hydroxylation is 1. The normalized spacial score (nSPS) is 9.57. The number of aromatic nitrogens is 2. The SMILES string of the molecule is Cc1[nH]cnc1NNC(NC(=O)c1ccccc1)=S=C=O. The van der Waals surface area contributed by atoms with Crippen molar-refractivity contribution in [1.29, 1.82) is 0 Å². The van der Waals surface area contributed by atoms with Crippen LogP contribution in [0.25, 0.3) is 0 Å². The summed E-state index contributed by atoms with van der Waals surface area (Å²) in [6, 6.07) is 8.68. The second kappa shape index (κ2) is 7.20. The van der Waals surface area contributed by atoms with Crippen LogP contribution in [-0.2, 0) is 4.79 Å². The van der Waals surface area contributed by atoms with E-state index in [9.17, 15) is 9.59 Å². The van der Waals surface area contributed by atoms with Crippen molar-refractivity contribution >= 4 is 33.0 Å². The number of carbonyl (C=O) groups excluding carboxylic acids is 2. The molecule has 0 unspecified atom stereocenters. The van der Waals surface area contributed by atoms with E-state index in [1.807, 2.05) is 13.0 Å². The number of benzene rings is 1. The highest BCUT2D eigenvalue weighted by molar-refractivity contribution is 7.96. The average Bonchev–Trinajstić information content (AvgIpc) is 2.91. The molecular formula is C13H13N5O2S. The molecule has 0 aliphatic rings. The minimum absolute atomic E-state index is 0.209. The Balaban J connectivity index is 2.04. The largest absolute Gasteiger partial charge is 0.347 e. The van der Waals surface area contributed by atoms with Crippen molar-refractivity contribution in [3.8, 4) is 0 Å². The maximum Gasteiger partial charge on any atom is 0.257 e. The lowest BCUT2D eigenvalue weighted by Gasteiger charge is -2.09. The van der Waals surface area contributed by atoms with Crippen molar-refractivity contribution in [1.82, 2.24) is 20.7 Å². The number of imidazole rings is 1. The minimum atomic E-state index is -0.332. The Morgan fingerprint density at radius 2 is 2.10 bits per heavy atom. The van der Waals surface area contributed by atoms with E-state index in [0.717, 1.165) is 5.69 Å². The highest BCUT2D eigenvalue weighted by atomic mass is 32.1. The topological polar surface area (TPSA) is 98.9 Å². The lowest BCUT2D eigenvalue weighted by Crippen LogP contribution is -2.42. The molecule has 0 radical (unpaired) electrons. The molecule has 0 aliphatic heterocycles. The van der Waals surface area contributed by atoms with Crippen molar-refractivity contribution < 1.29 is 9.59 Å². The van der Waals surface area contributed by atoms with Crippen molar-refractivity contribution in [2.45, 2.75) is 6.92 Å². The molecule has 8 heteroatoms. The Bertz CT molecular complexity index is 715. The predicted octanol–water partition coefficient (Wildman–Crippen LogP) is 0.952. The number of hydrogen-bond acceptors (Lipinski definition) is 4. The summed E-state index contributed by atoms with van der Waals surface area (Å²) in [6.45, 7) is 1.83. The number of nitrogens with zero attached hydrogens (tertiary/aromatic N) is 1. The fourth-order valence-corrected chi connectivity index (χ4v) is 1.82. The molecule has 2 rings (SSSR count). The van der Waals surface area contributed by atoms with Gasteiger partial charge >= 0.3 is 0 Å². The van der Waals surface area contributed by atoms with E-state index in [2.05, 4.69) is 26.1 Å². The highest BCUT2D eigenvalue weighted by Crippen LogP contribution is 2.04. The molecule has 1 aromatic carbocycles. The molecule has 0 spiro atoms. The standard InChI is InChI=1S/C13H13N5O2S/c1-9-11(15-7-14-9)17-18-13(21-8-19)16-12(20)10-5-3-2-4-6-10/h2-7,17-18H,1H3,(H,14,15)(H,16,20). The first-order chi connectivity index (χ1) is 10.2. The summed E-state index contributed by atoms with van der Waals surface area (Å²) in [4.78, 5) is 29.5. The van der Waals surface area contributed by atoms with Gasteiger partial charge in [-0.2, -0.15) is 5.43 Å². The third-order valence-corrected chi connectivity index (χ3v) is 3.02. The summed E-state index contributed by atoms with van der Waals surface area (Å²) in [5, 5.41) is 4.45. The molecule has 0 saturated heterocycles. The zero-order valence-electron chi connectivity index (χ0n) is 11.1. The molecular weight excluding hydrogens is 290 g/mol. The van der Waals surface area contributed by atoms with Gasteiger partial charge in [0.1, 0.15) is 0 Å². The Morgan fingerprint density at radius 1 is 1.33 bits per heavy atom. The first-order valence-corrected chi connectivity index (χ1v) is 6.81. The van der Waals surface area contributed by atoms with E-state index in [1.165, 1.54) is 6.33 Å². The average molecular weight is 303 g/mol. The minimum Gasteiger partial charge on any atom is -0.347 e. The van der Waals surface area contributed by atoms with E-state index in [4.69, 9.17) is 0 Å². The van der Waals surface area contributed by atoms with Gasteiger partial charge in [0.15, 0.2) is 16.2 Å². The van der Waals surface area contributed by atoms with Crippen LogP contribution in [0, 0.1) is 6.92 Å². The third kappa shape index (κ3) is 4.15. The lowest BCUT2D eigenvalue weighted by molar-refractivity contribution is 0.0977. The zero-order chi connectivity index (χ0) is 15.1. The molecule has 0 saturated carbocycles. The Hall–Kier alpha value is -2.67. The number of hydrazine groups is 1. The van der Waals surface area contributed by atoms with E-state index in [1.54, 1.807) is 29.5 Å². The molecule has 1 heterocycles. The molecule has 2 aromatic rings. The molecule has 1 amide bonds. The van der Waals surface area contributed by atoms with Crippen LogP contribution in [0.4, 0.5) is 5.82 Å². The summed E-state index contributed by atoms with van der Waals surface area (Å²) in [5.74, 6) is 0.231. The maximum atomic E-state index is 12.0. The second-order valence-electron chi connectivity index (χ2n) is 3.96. The predicted molar refractivity (Wildman–Crippen MR) is 82.3 cm³/mol. The van der Waals surface area contributed by atoms with Crippen LogP contribution in [0.5, 0.6) is 0 Å². The number of H-pyrrole nitrogens is 1. The van der Waals surface area contributed by atoms with Crippen LogP contribution < -0.4 is 16.2 Å². The Labute approximate surface area is 124 Å². The van der Waals surface area contributed by atoms with Gasteiger partial charge in [-0.05, 0) is 30.0 Å². The van der Waals surface area contributed by atoms with Crippen LogP contribution >= 0.6 is 10.9 Å². The third-order valence-electron chi connectivity index (χ3n) is 2.53. The number of rotatable bonds is 3. The zero-order valence-corrected chi connectivity index (χ0v) is 12.0. The van der Waals surface area contributed by atoms with Gasteiger partial charge in [-0.15, -0.1) is 0 Å². The fraction of sp³-hybridized carbons (Fsp3) is 0.0769. The summed E-state index contributed by atoms with van der Waals surface area (Å²) >= 11 is 0. The highest BCUT2D eigenvalue weighted by Gasteiger charge is 2.08. The van der Waals surface area contributed by atoms with Crippen molar-refractivity contribution in [3.05, 3.63) is 47.9 Å². The summed E-state index contributed by atoms with van der Waals surface area (Å²) in [7, 11) is 0.695. The Morgan fingerprint density at radius 3 is 2.71 bits per heavy atom. The Kier molecular flexibility index (Phi) is 5.05. The second-order valence-corrected chi connectivity index (χ2v) is 4.74. The number of anilines is 1. The van der Waals surface area contributed by atoms with Gasteiger partial charge in [-0.1, -0.05) is 18.2 Å². The van der Waals surface area contributed by atoms with Crippen LogP contribution in [0.1, 0.15) is 16.1 Å². The first kappa shape index (κ1) is 14.7. The molecule has 7 nitrogen and oxygen atoms in total. The molecule has 0 fully saturated rings. The fourth-order valence-electron chi connectivity index (χ4n) is 1.49. The molecule has 0 atom stereocenters. The molecule has 4 N–H and O–H groups in total. The number of amides is 1. The van der Waals surface area contributed by atoms with Gasteiger partial charge in [0.25, 0.3) is 5.91 Å². The van der Waals surface area contributed by atoms with Crippen molar-refractivity contribution in [2.24, 2.45) is 0 Å². The van der Waals surface area contributed by atoms with E-state index in [-0.39, 0.29) is 11.0 Å².